The van der Waals surface area contributed by atoms with Gasteiger partial charge in [-0.1, -0.05) is 52.8 Å². The molecule has 1 aliphatic heterocycles. The number of aromatic amines is 1. The number of aliphatic hydroxyl groups is 1. The van der Waals surface area contributed by atoms with Gasteiger partial charge in [0.2, 0.25) is 0 Å². The molecule has 1 saturated heterocycles. The third-order valence-electron chi connectivity index (χ3n) is 10.0. The minimum Gasteiger partial charge on any atom is -0.383 e. The molecule has 31 heavy (non-hydrogen) atoms. The number of halogens is 1. The molecule has 2 aromatic rings. The van der Waals surface area contributed by atoms with Gasteiger partial charge >= 0.3 is 0 Å². The van der Waals surface area contributed by atoms with E-state index in [1.807, 2.05) is 13.0 Å². The summed E-state index contributed by atoms with van der Waals surface area (Å²) in [6.07, 6.45) is 2.40. The molecule has 4 nitrogen and oxygen atoms in total. The summed E-state index contributed by atoms with van der Waals surface area (Å²) < 4.78 is 6.31. The van der Waals surface area contributed by atoms with Gasteiger partial charge in [-0.05, 0) is 23.5 Å². The number of H-pyrrole nitrogens is 1. The number of nitriles is 1. The first-order valence-corrected chi connectivity index (χ1v) is 11.6. The third-order valence-corrected chi connectivity index (χ3v) is 10.6. The predicted molar refractivity (Wildman–Crippen MR) is 121 cm³/mol. The molecule has 1 aromatic carbocycles. The Balaban J connectivity index is 1.91. The van der Waals surface area contributed by atoms with Crippen LogP contribution >= 0.6 is 11.6 Å². The average Bonchev–Trinajstić information content (AvgIpc) is 3.42. The summed E-state index contributed by atoms with van der Waals surface area (Å²) in [6.45, 7) is 15.2. The van der Waals surface area contributed by atoms with E-state index >= 15 is 0 Å². The molecule has 0 radical (unpaired) electrons. The summed E-state index contributed by atoms with van der Waals surface area (Å²) in [4.78, 5) is 3.66. The van der Waals surface area contributed by atoms with Crippen molar-refractivity contribution in [3.05, 3.63) is 47.7 Å². The molecule has 6 rings (SSSR count). The molecule has 0 amide bonds. The van der Waals surface area contributed by atoms with Crippen molar-refractivity contribution < 1.29 is 9.84 Å². The zero-order chi connectivity index (χ0) is 22.4. The van der Waals surface area contributed by atoms with Gasteiger partial charge in [-0.25, -0.2) is 0 Å². The molecule has 1 aromatic heterocycles. The van der Waals surface area contributed by atoms with Crippen molar-refractivity contribution in [3.8, 4) is 6.07 Å². The van der Waals surface area contributed by atoms with Crippen LogP contribution in [-0.2, 0) is 21.2 Å². The first kappa shape index (κ1) is 19.9. The van der Waals surface area contributed by atoms with E-state index in [-0.39, 0.29) is 16.7 Å². The number of epoxide rings is 1. The lowest BCUT2D eigenvalue weighted by Gasteiger charge is -2.70. The van der Waals surface area contributed by atoms with E-state index in [0.717, 1.165) is 22.2 Å². The van der Waals surface area contributed by atoms with Crippen LogP contribution in [-0.4, -0.2) is 27.7 Å². The normalized spacial score (nSPS) is 45.4. The zero-order valence-corrected chi connectivity index (χ0v) is 19.5. The van der Waals surface area contributed by atoms with E-state index in [0.29, 0.717) is 13.0 Å². The Bertz CT molecular complexity index is 1230. The maximum atomic E-state index is 13.1. The molecule has 6 atom stereocenters. The Morgan fingerprint density at radius 1 is 1.29 bits per heavy atom. The molecular weight excluding hydrogens is 408 g/mol. The van der Waals surface area contributed by atoms with Gasteiger partial charge in [0.25, 0.3) is 0 Å². The number of benzene rings is 1. The Labute approximate surface area is 188 Å². The Morgan fingerprint density at radius 3 is 2.55 bits per heavy atom. The number of hydrogen-bond acceptors (Lipinski definition) is 3. The van der Waals surface area contributed by atoms with Crippen LogP contribution in [0, 0.1) is 28.1 Å². The van der Waals surface area contributed by atoms with E-state index in [4.69, 9.17) is 16.3 Å². The van der Waals surface area contributed by atoms with E-state index in [1.165, 1.54) is 5.56 Å². The van der Waals surface area contributed by atoms with E-state index in [2.05, 4.69) is 63.5 Å². The van der Waals surface area contributed by atoms with Crippen LogP contribution in [0.1, 0.15) is 57.9 Å². The number of hydrogen-bond donors (Lipinski definition) is 2. The van der Waals surface area contributed by atoms with Crippen molar-refractivity contribution in [2.24, 2.45) is 16.7 Å². The molecule has 1 unspecified atom stereocenters. The molecule has 2 N–H and O–H groups in total. The SMILES string of the molecule is C=C[C@@]1(C)C(Cl)C[C@@H]2C(C)(C)c3cccc4[nH]c5c(c34)[C@@]2(O)[C@]1(C#N)[C@@]1(CO1)C5(C)C. The van der Waals surface area contributed by atoms with E-state index in [1.54, 1.807) is 0 Å². The lowest BCUT2D eigenvalue weighted by molar-refractivity contribution is -0.240. The van der Waals surface area contributed by atoms with Crippen LogP contribution in [0.3, 0.4) is 0 Å². The lowest BCUT2D eigenvalue weighted by atomic mass is 9.33. The van der Waals surface area contributed by atoms with Gasteiger partial charge in [-0.3, -0.25) is 0 Å². The molecule has 4 aliphatic rings. The number of ether oxygens (including phenoxy) is 1. The van der Waals surface area contributed by atoms with Crippen molar-refractivity contribution in [2.75, 3.05) is 6.61 Å². The molecule has 5 heteroatoms. The molecule has 2 heterocycles. The maximum absolute atomic E-state index is 13.1. The first-order chi connectivity index (χ1) is 14.4. The number of aromatic nitrogens is 1. The summed E-state index contributed by atoms with van der Waals surface area (Å²) in [5.74, 6) is -0.236. The van der Waals surface area contributed by atoms with Gasteiger partial charge in [0, 0.05) is 44.3 Å². The van der Waals surface area contributed by atoms with Crippen LogP contribution in [0.4, 0.5) is 0 Å². The van der Waals surface area contributed by atoms with Gasteiger partial charge in [-0.2, -0.15) is 5.26 Å². The highest BCUT2D eigenvalue weighted by Gasteiger charge is 2.88. The van der Waals surface area contributed by atoms with Crippen LogP contribution in [0.5, 0.6) is 0 Å². The maximum Gasteiger partial charge on any atom is 0.133 e. The highest BCUT2D eigenvalue weighted by atomic mass is 35.5. The topological polar surface area (TPSA) is 72.3 Å². The average molecular weight is 437 g/mol. The number of allylic oxidation sites excluding steroid dienone is 1. The summed E-state index contributed by atoms with van der Waals surface area (Å²) >= 11 is 7.15. The van der Waals surface area contributed by atoms with Crippen LogP contribution < -0.4 is 0 Å². The minimum atomic E-state index is -1.42. The number of nitrogens with one attached hydrogen (secondary N) is 1. The van der Waals surface area contributed by atoms with Crippen molar-refractivity contribution in [3.63, 3.8) is 0 Å². The minimum absolute atomic E-state index is 0.236. The quantitative estimate of drug-likeness (QED) is 0.374. The number of nitrogens with zero attached hydrogens (tertiary/aromatic N) is 1. The van der Waals surface area contributed by atoms with Crippen molar-refractivity contribution in [1.82, 2.24) is 4.98 Å². The number of alkyl halides is 1. The van der Waals surface area contributed by atoms with E-state index in [9.17, 15) is 10.4 Å². The van der Waals surface area contributed by atoms with Crippen molar-refractivity contribution in [2.45, 2.75) is 68.4 Å². The molecule has 2 fully saturated rings. The fourth-order valence-electron chi connectivity index (χ4n) is 8.17. The van der Waals surface area contributed by atoms with Gasteiger partial charge in [0.15, 0.2) is 0 Å². The second kappa shape index (κ2) is 5.06. The second-order valence-corrected chi connectivity index (χ2v) is 12.0. The molecular formula is C26H29ClN2O2. The van der Waals surface area contributed by atoms with Crippen molar-refractivity contribution in [1.29, 1.82) is 5.26 Å². The zero-order valence-electron chi connectivity index (χ0n) is 18.8. The number of rotatable bonds is 1. The highest BCUT2D eigenvalue weighted by molar-refractivity contribution is 6.21. The summed E-state index contributed by atoms with van der Waals surface area (Å²) in [5.41, 5.74) is -1.22. The first-order valence-electron chi connectivity index (χ1n) is 11.1. The molecule has 1 spiro atoms. The van der Waals surface area contributed by atoms with Crippen LogP contribution in [0.2, 0.25) is 0 Å². The van der Waals surface area contributed by atoms with Gasteiger partial charge < -0.3 is 14.8 Å². The second-order valence-electron chi connectivity index (χ2n) is 11.4. The molecule has 3 aliphatic carbocycles. The predicted octanol–water partition coefficient (Wildman–Crippen LogP) is 5.04. The fourth-order valence-corrected chi connectivity index (χ4v) is 8.60. The Kier molecular flexibility index (Phi) is 3.24. The smallest absolute Gasteiger partial charge is 0.133 e. The van der Waals surface area contributed by atoms with Crippen LogP contribution in [0.15, 0.2) is 30.9 Å². The monoisotopic (exact) mass is 436 g/mol. The summed E-state index contributed by atoms with van der Waals surface area (Å²) in [7, 11) is 0. The number of fused-ring (bicyclic) bond motifs is 1. The fraction of sp³-hybridized carbons (Fsp3) is 0.577. The Morgan fingerprint density at radius 2 is 1.97 bits per heavy atom. The van der Waals surface area contributed by atoms with Gasteiger partial charge in [-0.15, -0.1) is 18.2 Å². The van der Waals surface area contributed by atoms with E-state index < -0.39 is 27.4 Å². The summed E-state index contributed by atoms with van der Waals surface area (Å²) in [6, 6.07) is 9.00. The highest BCUT2D eigenvalue weighted by Crippen LogP contribution is 2.80. The van der Waals surface area contributed by atoms with Crippen LogP contribution in [0.25, 0.3) is 10.9 Å². The largest absolute Gasteiger partial charge is 0.383 e. The summed E-state index contributed by atoms with van der Waals surface area (Å²) in [5, 5.41) is 24.9. The molecule has 162 valence electrons. The van der Waals surface area contributed by atoms with Gasteiger partial charge in [0.05, 0.1) is 12.7 Å². The van der Waals surface area contributed by atoms with Gasteiger partial charge in [0.1, 0.15) is 16.6 Å². The molecule has 0 bridgehead atoms. The van der Waals surface area contributed by atoms with Crippen molar-refractivity contribution >= 4 is 22.5 Å². The molecule has 1 saturated carbocycles. The third kappa shape index (κ3) is 1.57. The standard InChI is InChI=1S/C26H29ClN2O2/c1-7-23(6)17(27)11-16-21(2,3)14-9-8-10-15-18(14)19-20(29-15)22(4,5)25(13-31-25)24(23,12-28)26(16,19)30/h7-10,16-17,29-30H,1,11,13H2,2-6H3/t16-,17?,23+,24+,25-,26-/m1/s1. The lowest BCUT2D eigenvalue weighted by Crippen LogP contribution is -2.77. The Hall–Kier alpha value is -1.80.